The summed E-state index contributed by atoms with van der Waals surface area (Å²) in [5.41, 5.74) is 6.50. The lowest BCUT2D eigenvalue weighted by Gasteiger charge is -2.20. The Labute approximate surface area is 149 Å². The first-order chi connectivity index (χ1) is 11.6. The smallest absolute Gasteiger partial charge is 0.324 e. The second-order valence-corrected chi connectivity index (χ2v) is 9.12. The van der Waals surface area contributed by atoms with Gasteiger partial charge in [-0.1, -0.05) is 37.6 Å². The summed E-state index contributed by atoms with van der Waals surface area (Å²) in [7, 11) is -3.97. The van der Waals surface area contributed by atoms with E-state index in [0.717, 1.165) is 35.1 Å². The molecule has 3 nitrogen and oxygen atoms in total. The SMILES string of the molecule is Cc1cc(CCP(=O)(O)O)cc(C)c1CC1=CC(C(C)C)=C(F)CC1. The lowest BCUT2D eigenvalue weighted by Crippen LogP contribution is -2.06. The summed E-state index contributed by atoms with van der Waals surface area (Å²) in [6, 6.07) is 4.03. The van der Waals surface area contributed by atoms with Crippen LogP contribution in [-0.2, 0) is 17.4 Å². The molecule has 0 fully saturated rings. The average molecular weight is 366 g/mol. The summed E-state index contributed by atoms with van der Waals surface area (Å²) in [6.45, 7) is 8.10. The molecule has 5 heteroatoms. The zero-order valence-corrected chi connectivity index (χ0v) is 16.4. The zero-order chi connectivity index (χ0) is 18.8. The number of allylic oxidation sites excluding steroid dienone is 4. The Kier molecular flexibility index (Phi) is 6.42. The number of aryl methyl sites for hydroxylation is 3. The fourth-order valence-electron chi connectivity index (χ4n) is 3.41. The van der Waals surface area contributed by atoms with Crippen molar-refractivity contribution < 1.29 is 18.7 Å². The van der Waals surface area contributed by atoms with Crippen molar-refractivity contribution >= 4 is 7.60 Å². The van der Waals surface area contributed by atoms with Crippen LogP contribution in [-0.4, -0.2) is 15.9 Å². The van der Waals surface area contributed by atoms with Crippen molar-refractivity contribution in [3.63, 3.8) is 0 Å². The lowest BCUT2D eigenvalue weighted by molar-refractivity contribution is 0.373. The lowest BCUT2D eigenvalue weighted by atomic mass is 9.86. The number of hydrogen-bond donors (Lipinski definition) is 2. The number of hydrogen-bond acceptors (Lipinski definition) is 1. The first-order valence-corrected chi connectivity index (χ1v) is 10.6. The highest BCUT2D eigenvalue weighted by atomic mass is 31.2. The quantitative estimate of drug-likeness (QED) is 0.683. The molecule has 1 aliphatic rings. The predicted octanol–water partition coefficient (Wildman–Crippen LogP) is 5.17. The van der Waals surface area contributed by atoms with Crippen molar-refractivity contribution in [3.05, 3.63) is 57.4 Å². The summed E-state index contributed by atoms with van der Waals surface area (Å²) in [6.07, 6.45) is 4.31. The Balaban J connectivity index is 2.21. The van der Waals surface area contributed by atoms with Gasteiger partial charge in [0.2, 0.25) is 0 Å². The van der Waals surface area contributed by atoms with Gasteiger partial charge in [0, 0.05) is 6.42 Å². The minimum absolute atomic E-state index is 0.0139. The summed E-state index contributed by atoms with van der Waals surface area (Å²) in [4.78, 5) is 18.1. The van der Waals surface area contributed by atoms with Crippen LogP contribution in [0.2, 0.25) is 0 Å². The third-order valence-corrected chi connectivity index (χ3v) is 5.62. The van der Waals surface area contributed by atoms with E-state index in [2.05, 4.69) is 0 Å². The zero-order valence-electron chi connectivity index (χ0n) is 15.5. The van der Waals surface area contributed by atoms with E-state index in [9.17, 15) is 8.96 Å². The standard InChI is InChI=1S/C20H28FO3P/c1-13(2)18-11-16(5-6-20(18)21)12-19-14(3)9-17(10-15(19)4)7-8-25(22,23)24/h9-11,13H,5-8,12H2,1-4H3,(H2,22,23,24). The Morgan fingerprint density at radius 2 is 1.76 bits per heavy atom. The van der Waals surface area contributed by atoms with Crippen LogP contribution in [0.25, 0.3) is 0 Å². The molecule has 0 bridgehead atoms. The van der Waals surface area contributed by atoms with Gasteiger partial charge in [0.1, 0.15) is 5.83 Å². The van der Waals surface area contributed by atoms with Gasteiger partial charge in [-0.25, -0.2) is 4.39 Å². The third kappa shape index (κ3) is 5.64. The van der Waals surface area contributed by atoms with Gasteiger partial charge in [0.15, 0.2) is 0 Å². The van der Waals surface area contributed by atoms with E-state index in [1.54, 1.807) is 0 Å². The van der Waals surface area contributed by atoms with Gasteiger partial charge in [-0.2, -0.15) is 0 Å². The molecule has 25 heavy (non-hydrogen) atoms. The number of halogens is 1. The minimum Gasteiger partial charge on any atom is -0.324 e. The van der Waals surface area contributed by atoms with Crippen LogP contribution in [0.3, 0.4) is 0 Å². The highest BCUT2D eigenvalue weighted by Gasteiger charge is 2.18. The van der Waals surface area contributed by atoms with Crippen LogP contribution >= 0.6 is 7.60 Å². The maximum absolute atomic E-state index is 14.0. The van der Waals surface area contributed by atoms with E-state index in [-0.39, 0.29) is 17.9 Å². The van der Waals surface area contributed by atoms with E-state index in [0.29, 0.717) is 12.8 Å². The predicted molar refractivity (Wildman–Crippen MR) is 101 cm³/mol. The maximum Gasteiger partial charge on any atom is 0.325 e. The summed E-state index contributed by atoms with van der Waals surface area (Å²) >= 11 is 0. The van der Waals surface area contributed by atoms with Crippen molar-refractivity contribution in [2.24, 2.45) is 5.92 Å². The number of rotatable bonds is 6. The molecule has 0 radical (unpaired) electrons. The number of benzene rings is 1. The molecule has 0 aromatic heterocycles. The molecule has 2 rings (SSSR count). The van der Waals surface area contributed by atoms with Crippen LogP contribution < -0.4 is 0 Å². The van der Waals surface area contributed by atoms with Crippen molar-refractivity contribution in [1.29, 1.82) is 0 Å². The Bertz CT molecular complexity index is 733. The molecule has 1 aliphatic carbocycles. The normalized spacial score (nSPS) is 15.8. The first-order valence-electron chi connectivity index (χ1n) is 8.78. The molecule has 138 valence electrons. The molecule has 0 saturated carbocycles. The molecule has 2 N–H and O–H groups in total. The van der Waals surface area contributed by atoms with Crippen molar-refractivity contribution in [3.8, 4) is 0 Å². The van der Waals surface area contributed by atoms with Crippen molar-refractivity contribution in [2.45, 2.75) is 53.4 Å². The Morgan fingerprint density at radius 3 is 2.28 bits per heavy atom. The molecule has 0 saturated heterocycles. The van der Waals surface area contributed by atoms with Crippen LogP contribution in [0.1, 0.15) is 48.9 Å². The van der Waals surface area contributed by atoms with E-state index < -0.39 is 7.60 Å². The van der Waals surface area contributed by atoms with Gasteiger partial charge in [-0.15, -0.1) is 0 Å². The van der Waals surface area contributed by atoms with Gasteiger partial charge in [-0.3, -0.25) is 4.57 Å². The van der Waals surface area contributed by atoms with E-state index in [4.69, 9.17) is 9.79 Å². The second kappa shape index (κ2) is 7.99. The summed E-state index contributed by atoms with van der Waals surface area (Å²) in [5.74, 6) is 0.201. The molecular weight excluding hydrogens is 338 g/mol. The van der Waals surface area contributed by atoms with Crippen LogP contribution in [0.15, 0.2) is 35.2 Å². The Hall–Kier alpha value is -1.22. The topological polar surface area (TPSA) is 57.5 Å². The highest BCUT2D eigenvalue weighted by Crippen LogP contribution is 2.36. The monoisotopic (exact) mass is 366 g/mol. The fourth-order valence-corrected chi connectivity index (χ4v) is 3.96. The summed E-state index contributed by atoms with van der Waals surface area (Å²) < 4.78 is 25.0. The third-order valence-electron chi connectivity index (χ3n) is 4.81. The minimum atomic E-state index is -3.97. The molecular formula is C20H28FO3P. The molecule has 0 atom stereocenters. The highest BCUT2D eigenvalue weighted by molar-refractivity contribution is 7.51. The van der Waals surface area contributed by atoms with Crippen LogP contribution in [0.5, 0.6) is 0 Å². The van der Waals surface area contributed by atoms with Crippen LogP contribution in [0.4, 0.5) is 4.39 Å². The largest absolute Gasteiger partial charge is 0.325 e. The Morgan fingerprint density at radius 1 is 1.16 bits per heavy atom. The van der Waals surface area contributed by atoms with Gasteiger partial charge >= 0.3 is 7.60 Å². The molecule has 0 aliphatic heterocycles. The van der Waals surface area contributed by atoms with Crippen molar-refractivity contribution in [1.82, 2.24) is 0 Å². The fraction of sp³-hybridized carbons (Fsp3) is 0.500. The molecule has 1 aromatic rings. The van der Waals surface area contributed by atoms with E-state index in [1.165, 1.54) is 11.1 Å². The van der Waals surface area contributed by atoms with E-state index >= 15 is 0 Å². The van der Waals surface area contributed by atoms with Gasteiger partial charge < -0.3 is 9.79 Å². The first kappa shape index (κ1) is 20.1. The summed E-state index contributed by atoms with van der Waals surface area (Å²) in [5, 5.41) is 0. The van der Waals surface area contributed by atoms with Crippen molar-refractivity contribution in [2.75, 3.05) is 6.16 Å². The van der Waals surface area contributed by atoms with Crippen LogP contribution in [0, 0.1) is 19.8 Å². The van der Waals surface area contributed by atoms with Gasteiger partial charge in [0.25, 0.3) is 0 Å². The maximum atomic E-state index is 14.0. The molecule has 0 unspecified atom stereocenters. The molecule has 0 spiro atoms. The molecule has 0 amide bonds. The molecule has 1 aromatic carbocycles. The van der Waals surface area contributed by atoms with E-state index in [1.807, 2.05) is 45.9 Å². The second-order valence-electron chi connectivity index (χ2n) is 7.34. The molecule has 0 heterocycles. The average Bonchev–Trinajstić information content (AvgIpc) is 2.49. The van der Waals surface area contributed by atoms with Gasteiger partial charge in [-0.05, 0) is 66.9 Å². The van der Waals surface area contributed by atoms with Gasteiger partial charge in [0.05, 0.1) is 6.16 Å².